The number of halogens is 2. The average molecular weight is 363 g/mol. The lowest BCUT2D eigenvalue weighted by Crippen LogP contribution is -2.45. The highest BCUT2D eigenvalue weighted by molar-refractivity contribution is 5.94. The monoisotopic (exact) mass is 363 g/mol. The Labute approximate surface area is 146 Å². The minimum Gasteiger partial charge on any atom is -0.463 e. The first kappa shape index (κ1) is 17.5. The Bertz CT molecular complexity index is 909. The molecule has 136 valence electrons. The van der Waals surface area contributed by atoms with Crippen molar-refractivity contribution in [1.82, 2.24) is 25.6 Å². The van der Waals surface area contributed by atoms with Crippen LogP contribution in [-0.4, -0.2) is 33.6 Å². The summed E-state index contributed by atoms with van der Waals surface area (Å²) in [6, 6.07) is 1.57. The number of benzene rings is 1. The molecule has 1 aliphatic heterocycles. The van der Waals surface area contributed by atoms with E-state index in [0.717, 1.165) is 16.8 Å². The molecule has 0 saturated heterocycles. The van der Waals surface area contributed by atoms with Crippen LogP contribution >= 0.6 is 0 Å². The normalized spacial score (nSPS) is 16.9. The molecule has 1 atom stereocenters. The maximum atomic E-state index is 13.9. The molecule has 0 spiro atoms. The number of carbonyl (C=O) groups is 2. The third-order valence-electron chi connectivity index (χ3n) is 3.73. The molecule has 1 aliphatic rings. The maximum Gasteiger partial charge on any atom is 0.338 e. The first-order chi connectivity index (χ1) is 12.4. The lowest BCUT2D eigenvalue weighted by molar-refractivity contribution is -0.139. The van der Waals surface area contributed by atoms with Crippen molar-refractivity contribution < 1.29 is 23.1 Å². The van der Waals surface area contributed by atoms with E-state index in [9.17, 15) is 18.4 Å². The van der Waals surface area contributed by atoms with E-state index in [4.69, 9.17) is 4.74 Å². The Kier molecular flexibility index (Phi) is 4.65. The van der Waals surface area contributed by atoms with Gasteiger partial charge in [0.25, 0.3) is 0 Å². The first-order valence-corrected chi connectivity index (χ1v) is 7.73. The van der Waals surface area contributed by atoms with Crippen LogP contribution in [0.25, 0.3) is 5.69 Å². The van der Waals surface area contributed by atoms with Crippen LogP contribution in [0.1, 0.15) is 25.6 Å². The third-order valence-corrected chi connectivity index (χ3v) is 3.73. The molecule has 1 aromatic heterocycles. The molecule has 2 N–H and O–H groups in total. The molecule has 1 aromatic carbocycles. The molecule has 0 radical (unpaired) electrons. The second-order valence-electron chi connectivity index (χ2n) is 5.47. The quantitative estimate of drug-likeness (QED) is 0.807. The fraction of sp³-hybridized carbons (Fsp3) is 0.250. The van der Waals surface area contributed by atoms with Crippen molar-refractivity contribution in [1.29, 1.82) is 0 Å². The molecule has 3 rings (SSSR count). The van der Waals surface area contributed by atoms with Crippen LogP contribution in [0.5, 0.6) is 0 Å². The fourth-order valence-electron chi connectivity index (χ4n) is 2.59. The van der Waals surface area contributed by atoms with Crippen molar-refractivity contribution >= 4 is 12.0 Å². The molecule has 2 aromatic rings. The molecule has 1 unspecified atom stereocenters. The molecule has 26 heavy (non-hydrogen) atoms. The minimum absolute atomic E-state index is 0.0243. The summed E-state index contributed by atoms with van der Waals surface area (Å²) in [7, 11) is 0. The summed E-state index contributed by atoms with van der Waals surface area (Å²) in [6.45, 7) is 3.37. The zero-order chi connectivity index (χ0) is 18.8. The van der Waals surface area contributed by atoms with Crippen molar-refractivity contribution in [2.75, 3.05) is 6.61 Å². The number of ether oxygens (including phenoxy) is 1. The number of rotatable bonds is 4. The Morgan fingerprint density at radius 2 is 2.15 bits per heavy atom. The van der Waals surface area contributed by atoms with Crippen LogP contribution in [0.4, 0.5) is 13.6 Å². The summed E-state index contributed by atoms with van der Waals surface area (Å²) in [5.41, 5.74) is 0.660. The summed E-state index contributed by atoms with van der Waals surface area (Å²) >= 11 is 0. The fourth-order valence-corrected chi connectivity index (χ4v) is 2.59. The van der Waals surface area contributed by atoms with Gasteiger partial charge in [-0.15, -0.1) is 5.10 Å². The molecule has 10 heteroatoms. The molecule has 0 aliphatic carbocycles. The number of nitrogens with one attached hydrogen (secondary N) is 2. The summed E-state index contributed by atoms with van der Waals surface area (Å²) in [4.78, 5) is 24.0. The van der Waals surface area contributed by atoms with E-state index in [-0.39, 0.29) is 23.6 Å². The average Bonchev–Trinajstić information content (AvgIpc) is 3.03. The van der Waals surface area contributed by atoms with E-state index in [1.807, 2.05) is 0 Å². The lowest BCUT2D eigenvalue weighted by Gasteiger charge is -2.26. The van der Waals surface area contributed by atoms with Crippen LogP contribution in [0.15, 0.2) is 35.7 Å². The van der Waals surface area contributed by atoms with Gasteiger partial charge in [0, 0.05) is 11.8 Å². The van der Waals surface area contributed by atoms with Crippen molar-refractivity contribution in [2.45, 2.75) is 19.9 Å². The Morgan fingerprint density at radius 1 is 1.38 bits per heavy atom. The van der Waals surface area contributed by atoms with Gasteiger partial charge in [0.15, 0.2) is 5.82 Å². The highest BCUT2D eigenvalue weighted by atomic mass is 19.1. The molecule has 2 heterocycles. The number of nitrogens with zero attached hydrogens (tertiary/aromatic N) is 3. The molecule has 0 saturated carbocycles. The summed E-state index contributed by atoms with van der Waals surface area (Å²) in [5.74, 6) is -2.17. The number of amides is 2. The molecule has 0 fully saturated rings. The second kappa shape index (κ2) is 6.90. The second-order valence-corrected chi connectivity index (χ2v) is 5.47. The Balaban J connectivity index is 1.99. The van der Waals surface area contributed by atoms with Gasteiger partial charge in [0.05, 0.1) is 18.4 Å². The van der Waals surface area contributed by atoms with Crippen molar-refractivity contribution in [3.05, 3.63) is 53.0 Å². The van der Waals surface area contributed by atoms with Gasteiger partial charge in [-0.3, -0.25) is 0 Å². The number of hydrogen-bond acceptors (Lipinski definition) is 5. The number of esters is 1. The van der Waals surface area contributed by atoms with E-state index in [1.54, 1.807) is 13.8 Å². The van der Waals surface area contributed by atoms with Gasteiger partial charge in [-0.05, 0) is 26.0 Å². The molecular formula is C16H15F2N5O3. The van der Waals surface area contributed by atoms with Gasteiger partial charge in [0.2, 0.25) is 0 Å². The van der Waals surface area contributed by atoms with E-state index >= 15 is 0 Å². The number of allylic oxidation sites excluding steroid dienone is 1. The van der Waals surface area contributed by atoms with Crippen LogP contribution in [0.2, 0.25) is 0 Å². The molecular weight excluding hydrogens is 348 g/mol. The van der Waals surface area contributed by atoms with E-state index < -0.39 is 29.7 Å². The van der Waals surface area contributed by atoms with Crippen LogP contribution in [0, 0.1) is 11.6 Å². The van der Waals surface area contributed by atoms with Gasteiger partial charge >= 0.3 is 12.0 Å². The molecule has 8 nitrogen and oxygen atoms in total. The van der Waals surface area contributed by atoms with Gasteiger partial charge in [-0.1, -0.05) is 5.21 Å². The van der Waals surface area contributed by atoms with E-state index in [1.165, 1.54) is 12.3 Å². The van der Waals surface area contributed by atoms with Gasteiger partial charge < -0.3 is 15.4 Å². The van der Waals surface area contributed by atoms with Crippen molar-refractivity contribution in [2.24, 2.45) is 0 Å². The highest BCUT2D eigenvalue weighted by Gasteiger charge is 2.34. The van der Waals surface area contributed by atoms with Gasteiger partial charge in [0.1, 0.15) is 23.2 Å². The Hall–Kier alpha value is -3.30. The zero-order valence-electron chi connectivity index (χ0n) is 13.9. The van der Waals surface area contributed by atoms with Crippen molar-refractivity contribution in [3.63, 3.8) is 0 Å². The largest absolute Gasteiger partial charge is 0.463 e. The van der Waals surface area contributed by atoms with E-state index in [0.29, 0.717) is 5.70 Å². The zero-order valence-corrected chi connectivity index (χ0v) is 13.9. The first-order valence-electron chi connectivity index (χ1n) is 7.73. The number of aromatic nitrogens is 3. The number of urea groups is 1. The van der Waals surface area contributed by atoms with E-state index in [2.05, 4.69) is 20.9 Å². The highest BCUT2D eigenvalue weighted by Crippen LogP contribution is 2.27. The lowest BCUT2D eigenvalue weighted by atomic mass is 10.0. The topological polar surface area (TPSA) is 98.1 Å². The predicted octanol–water partition coefficient (Wildman–Crippen LogP) is 1.74. The Morgan fingerprint density at radius 3 is 2.85 bits per heavy atom. The molecule has 2 amide bonds. The van der Waals surface area contributed by atoms with Crippen LogP contribution < -0.4 is 10.6 Å². The van der Waals surface area contributed by atoms with Gasteiger partial charge in [-0.2, -0.15) is 0 Å². The van der Waals surface area contributed by atoms with Crippen molar-refractivity contribution in [3.8, 4) is 5.69 Å². The SMILES string of the molecule is CCOC(=O)C1=C(C)NC(=O)NC1c1cn(-c2ccc(F)cc2F)nn1. The van der Waals surface area contributed by atoms with Crippen LogP contribution in [0.3, 0.4) is 0 Å². The maximum absolute atomic E-state index is 13.9. The summed E-state index contributed by atoms with van der Waals surface area (Å²) in [5, 5.41) is 12.8. The van der Waals surface area contributed by atoms with Crippen LogP contribution in [-0.2, 0) is 9.53 Å². The summed E-state index contributed by atoms with van der Waals surface area (Å²) < 4.78 is 33.1. The van der Waals surface area contributed by atoms with Gasteiger partial charge in [-0.25, -0.2) is 23.1 Å². The standard InChI is InChI=1S/C16H15F2N5O3/c1-3-26-15(24)13-8(2)19-16(25)20-14(13)11-7-23(22-21-11)12-5-4-9(17)6-10(12)18/h4-7,14H,3H2,1-2H3,(H2,19,20,25). The minimum atomic E-state index is -0.917. The smallest absolute Gasteiger partial charge is 0.338 e. The summed E-state index contributed by atoms with van der Waals surface area (Å²) in [6.07, 6.45) is 1.35. The third kappa shape index (κ3) is 3.25. The number of carbonyl (C=O) groups excluding carboxylic acids is 2. The predicted molar refractivity (Wildman–Crippen MR) is 85.0 cm³/mol. The molecule has 0 bridgehead atoms. The number of hydrogen-bond donors (Lipinski definition) is 2.